The average Bonchev–Trinajstić information content (AvgIpc) is 2.41. The van der Waals surface area contributed by atoms with Crippen LogP contribution < -0.4 is 5.32 Å². The van der Waals surface area contributed by atoms with Gasteiger partial charge in [-0.25, -0.2) is 9.97 Å². The maximum Gasteiger partial charge on any atom is 0.144 e. The van der Waals surface area contributed by atoms with Crippen LogP contribution in [0.1, 0.15) is 12.6 Å². The lowest BCUT2D eigenvalue weighted by Gasteiger charge is -2.10. The van der Waals surface area contributed by atoms with Crippen molar-refractivity contribution in [2.24, 2.45) is 4.99 Å². The Hall–Kier alpha value is -2.01. The van der Waals surface area contributed by atoms with Gasteiger partial charge in [-0.05, 0) is 33.8 Å². The Bertz CT molecular complexity index is 445. The summed E-state index contributed by atoms with van der Waals surface area (Å²) in [6, 6.07) is 0. The zero-order chi connectivity index (χ0) is 14.1. The summed E-state index contributed by atoms with van der Waals surface area (Å²) in [5, 5.41) is 3.21. The third-order valence-electron chi connectivity index (χ3n) is 2.40. The van der Waals surface area contributed by atoms with Crippen LogP contribution in [0.4, 0.5) is 5.82 Å². The smallest absolute Gasteiger partial charge is 0.144 e. The molecule has 1 heterocycles. The van der Waals surface area contributed by atoms with Crippen LogP contribution in [-0.4, -0.2) is 48.8 Å². The van der Waals surface area contributed by atoms with Gasteiger partial charge in [0.05, 0.1) is 18.1 Å². The van der Waals surface area contributed by atoms with Gasteiger partial charge in [0.15, 0.2) is 0 Å². The molecule has 102 valence electrons. The quantitative estimate of drug-likeness (QED) is 0.601. The fraction of sp³-hybridized carbons (Fsp3) is 0.357. The van der Waals surface area contributed by atoms with Crippen LogP contribution in [0.2, 0.25) is 0 Å². The summed E-state index contributed by atoms with van der Waals surface area (Å²) >= 11 is 0. The lowest BCUT2D eigenvalue weighted by molar-refractivity contribution is 0.425. The van der Waals surface area contributed by atoms with Gasteiger partial charge < -0.3 is 10.2 Å². The van der Waals surface area contributed by atoms with E-state index in [4.69, 9.17) is 0 Å². The van der Waals surface area contributed by atoms with Gasteiger partial charge in [-0.1, -0.05) is 12.2 Å². The van der Waals surface area contributed by atoms with Crippen LogP contribution in [0.25, 0.3) is 5.70 Å². The minimum Gasteiger partial charge on any atom is -0.368 e. The first-order valence-corrected chi connectivity index (χ1v) is 6.18. The molecule has 19 heavy (non-hydrogen) atoms. The molecule has 0 aliphatic rings. The van der Waals surface area contributed by atoms with E-state index in [-0.39, 0.29) is 0 Å². The summed E-state index contributed by atoms with van der Waals surface area (Å²) in [7, 11) is 4.06. The molecule has 0 radical (unpaired) electrons. The first-order chi connectivity index (χ1) is 9.17. The molecule has 1 rings (SSSR count). The highest BCUT2D eigenvalue weighted by Crippen LogP contribution is 2.12. The van der Waals surface area contributed by atoms with Gasteiger partial charge in [-0.15, -0.1) is 0 Å². The highest BCUT2D eigenvalue weighted by atomic mass is 15.1. The summed E-state index contributed by atoms with van der Waals surface area (Å²) < 4.78 is 0. The van der Waals surface area contributed by atoms with E-state index < -0.39 is 0 Å². The third kappa shape index (κ3) is 5.44. The normalized spacial score (nSPS) is 12.1. The number of nitrogens with one attached hydrogen (secondary N) is 1. The summed E-state index contributed by atoms with van der Waals surface area (Å²) in [5.41, 5.74) is 1.43. The first-order valence-electron chi connectivity index (χ1n) is 6.18. The molecule has 5 heteroatoms. The number of rotatable bonds is 7. The molecule has 0 saturated heterocycles. The monoisotopic (exact) mass is 259 g/mol. The van der Waals surface area contributed by atoms with Crippen molar-refractivity contribution in [2.75, 3.05) is 32.5 Å². The van der Waals surface area contributed by atoms with Crippen molar-refractivity contribution in [2.45, 2.75) is 6.92 Å². The van der Waals surface area contributed by atoms with Crippen molar-refractivity contribution in [1.82, 2.24) is 14.9 Å². The largest absolute Gasteiger partial charge is 0.368 e. The molecule has 0 spiro atoms. The van der Waals surface area contributed by atoms with Crippen molar-refractivity contribution in [1.29, 1.82) is 0 Å². The molecular formula is C14H21N5. The standard InChI is InChI=1S/C14H21N5/c1-5-6-7-12(15-2)13-10-18-14(11-17-13)16-8-9-19(3)4/h5-7,10-11H,2,8-9H2,1,3-4H3,(H,16,18)/b6-5-,12-7-. The zero-order valence-electron chi connectivity index (χ0n) is 11.8. The van der Waals surface area contributed by atoms with Crippen molar-refractivity contribution in [3.63, 3.8) is 0 Å². The van der Waals surface area contributed by atoms with Gasteiger partial charge in [-0.3, -0.25) is 4.99 Å². The number of allylic oxidation sites excluding steroid dienone is 3. The summed E-state index contributed by atoms with van der Waals surface area (Å²) in [5.74, 6) is 0.764. The molecule has 1 N–H and O–H groups in total. The van der Waals surface area contributed by atoms with Crippen LogP contribution in [0, 0.1) is 0 Å². The number of nitrogens with zero attached hydrogens (tertiary/aromatic N) is 4. The molecule has 0 bridgehead atoms. The SMILES string of the molecule is C=N/C(=C\C=C/C)c1cnc(NCCN(C)C)cn1. The second-order valence-corrected chi connectivity index (χ2v) is 4.25. The van der Waals surface area contributed by atoms with E-state index in [1.165, 1.54) is 0 Å². The minimum atomic E-state index is 0.713. The molecule has 1 aromatic heterocycles. The van der Waals surface area contributed by atoms with E-state index in [2.05, 4.69) is 31.9 Å². The van der Waals surface area contributed by atoms with Crippen molar-refractivity contribution < 1.29 is 0 Å². The summed E-state index contributed by atoms with van der Waals surface area (Å²) in [6.45, 7) is 7.27. The van der Waals surface area contributed by atoms with Crippen LogP contribution in [0.3, 0.4) is 0 Å². The number of hydrogen-bond acceptors (Lipinski definition) is 5. The summed E-state index contributed by atoms with van der Waals surface area (Å²) in [4.78, 5) is 14.7. The van der Waals surface area contributed by atoms with E-state index in [1.54, 1.807) is 12.4 Å². The topological polar surface area (TPSA) is 53.4 Å². The number of hydrogen-bond donors (Lipinski definition) is 1. The molecule has 0 aliphatic carbocycles. The molecule has 0 fully saturated rings. The molecule has 0 atom stereocenters. The summed E-state index contributed by atoms with van der Waals surface area (Å²) in [6.07, 6.45) is 9.09. The Labute approximate surface area is 114 Å². The second-order valence-electron chi connectivity index (χ2n) is 4.25. The Balaban J connectivity index is 2.67. The lowest BCUT2D eigenvalue weighted by atomic mass is 10.3. The van der Waals surface area contributed by atoms with Crippen molar-refractivity contribution >= 4 is 18.2 Å². The first kappa shape index (κ1) is 15.0. The molecule has 0 amide bonds. The van der Waals surface area contributed by atoms with E-state index in [1.807, 2.05) is 39.2 Å². The molecule has 0 saturated carbocycles. The molecular weight excluding hydrogens is 238 g/mol. The van der Waals surface area contributed by atoms with Gasteiger partial charge in [0.25, 0.3) is 0 Å². The highest BCUT2D eigenvalue weighted by Gasteiger charge is 2.01. The number of anilines is 1. The number of aliphatic imine (C=N–C) groups is 1. The Morgan fingerprint density at radius 2 is 2.21 bits per heavy atom. The van der Waals surface area contributed by atoms with Gasteiger partial charge >= 0.3 is 0 Å². The maximum absolute atomic E-state index is 4.33. The predicted molar refractivity (Wildman–Crippen MR) is 81.4 cm³/mol. The van der Waals surface area contributed by atoms with E-state index in [0.29, 0.717) is 11.4 Å². The third-order valence-corrected chi connectivity index (χ3v) is 2.40. The van der Waals surface area contributed by atoms with Crippen LogP contribution in [0.15, 0.2) is 35.6 Å². The molecule has 0 unspecified atom stereocenters. The van der Waals surface area contributed by atoms with Gasteiger partial charge in [0, 0.05) is 13.1 Å². The van der Waals surface area contributed by atoms with Gasteiger partial charge in [-0.2, -0.15) is 0 Å². The molecule has 1 aromatic rings. The molecule has 5 nitrogen and oxygen atoms in total. The van der Waals surface area contributed by atoms with Crippen molar-refractivity contribution in [3.8, 4) is 0 Å². The van der Waals surface area contributed by atoms with E-state index in [0.717, 1.165) is 18.9 Å². The molecule has 0 aromatic carbocycles. The Morgan fingerprint density at radius 3 is 2.74 bits per heavy atom. The Kier molecular flexibility index (Phi) is 6.46. The van der Waals surface area contributed by atoms with Crippen molar-refractivity contribution in [3.05, 3.63) is 36.3 Å². The van der Waals surface area contributed by atoms with E-state index >= 15 is 0 Å². The zero-order valence-corrected chi connectivity index (χ0v) is 11.8. The fourth-order valence-corrected chi connectivity index (χ4v) is 1.37. The number of likely N-dealkylation sites (N-methyl/N-ethyl adjacent to an activating group) is 1. The number of aromatic nitrogens is 2. The predicted octanol–water partition coefficient (Wildman–Crippen LogP) is 2.07. The Morgan fingerprint density at radius 1 is 1.42 bits per heavy atom. The average molecular weight is 259 g/mol. The molecule has 0 aliphatic heterocycles. The van der Waals surface area contributed by atoms with Crippen LogP contribution in [0.5, 0.6) is 0 Å². The van der Waals surface area contributed by atoms with Gasteiger partial charge in [0.2, 0.25) is 0 Å². The minimum absolute atomic E-state index is 0.713. The van der Waals surface area contributed by atoms with E-state index in [9.17, 15) is 0 Å². The second kappa shape index (κ2) is 8.16. The highest BCUT2D eigenvalue weighted by molar-refractivity contribution is 5.66. The van der Waals surface area contributed by atoms with Crippen LogP contribution in [-0.2, 0) is 0 Å². The fourth-order valence-electron chi connectivity index (χ4n) is 1.37. The lowest BCUT2D eigenvalue weighted by Crippen LogP contribution is -2.21. The van der Waals surface area contributed by atoms with Gasteiger partial charge in [0.1, 0.15) is 11.5 Å². The maximum atomic E-state index is 4.33. The van der Waals surface area contributed by atoms with Crippen LogP contribution >= 0.6 is 0 Å².